The van der Waals surface area contributed by atoms with Crippen LogP contribution in [-0.2, 0) is 9.59 Å². The maximum atomic E-state index is 11.8. The third-order valence-electron chi connectivity index (χ3n) is 5.64. The van der Waals surface area contributed by atoms with E-state index in [1.165, 1.54) is 12.2 Å². The lowest BCUT2D eigenvalue weighted by atomic mass is 10.2. The number of rotatable bonds is 18. The van der Waals surface area contributed by atoms with Crippen molar-refractivity contribution in [2.24, 2.45) is 0 Å². The normalized spacial score (nSPS) is 12.0. The SMILES string of the molecule is CC(C)Oc1ccc(/C=C/C(=O)NCC(O)CO)cc1.CC(C)Oc1ccc(/C=C/C(=O)NCCN(CCO)CCO)cc1. The number of carbonyl (C=O) groups excluding carboxylic acids is 2. The summed E-state index contributed by atoms with van der Waals surface area (Å²) in [5, 5.41) is 40.8. The molecule has 1 atom stereocenters. The molecule has 0 saturated carbocycles. The van der Waals surface area contributed by atoms with Gasteiger partial charge in [-0.3, -0.25) is 14.5 Å². The zero-order chi connectivity index (χ0) is 32.7. The van der Waals surface area contributed by atoms with E-state index in [9.17, 15) is 9.59 Å². The van der Waals surface area contributed by atoms with Gasteiger partial charge in [0.1, 0.15) is 11.5 Å². The fourth-order valence-electron chi connectivity index (χ4n) is 3.56. The van der Waals surface area contributed by atoms with Crippen molar-refractivity contribution in [2.75, 3.05) is 52.5 Å². The lowest BCUT2D eigenvalue weighted by Gasteiger charge is -2.19. The summed E-state index contributed by atoms with van der Waals surface area (Å²) in [6, 6.07) is 14.9. The van der Waals surface area contributed by atoms with Gasteiger partial charge in [0.25, 0.3) is 0 Å². The summed E-state index contributed by atoms with van der Waals surface area (Å²) < 4.78 is 11.1. The average molecular weight is 616 g/mol. The molecule has 44 heavy (non-hydrogen) atoms. The van der Waals surface area contributed by atoms with E-state index in [2.05, 4.69) is 10.6 Å². The number of benzene rings is 2. The van der Waals surface area contributed by atoms with Crippen molar-refractivity contribution < 1.29 is 39.5 Å². The number of hydrogen-bond donors (Lipinski definition) is 6. The molecule has 6 N–H and O–H groups in total. The minimum atomic E-state index is -0.931. The quantitative estimate of drug-likeness (QED) is 0.138. The van der Waals surface area contributed by atoms with Gasteiger partial charge in [0, 0.05) is 44.9 Å². The smallest absolute Gasteiger partial charge is 0.244 e. The molecule has 2 aromatic carbocycles. The van der Waals surface area contributed by atoms with Crippen LogP contribution in [0.4, 0.5) is 0 Å². The standard InChI is InChI=1S/C18H28N2O4.C15H21NO4/c1-15(2)24-17-6-3-16(4-7-17)5-8-18(23)19-9-10-20(11-13-21)12-14-22;1-11(2)20-14-6-3-12(4-7-14)5-8-15(19)16-9-13(18)10-17/h3-8,15,21-22H,9-14H2,1-2H3,(H,19,23);3-8,11,13,17-18H,9-10H2,1-2H3,(H,16,19)/b2*8-5+. The van der Waals surface area contributed by atoms with Crippen molar-refractivity contribution in [2.45, 2.75) is 46.0 Å². The summed E-state index contributed by atoms with van der Waals surface area (Å²) in [7, 11) is 0. The highest BCUT2D eigenvalue weighted by Crippen LogP contribution is 2.15. The van der Waals surface area contributed by atoms with Crippen LogP contribution in [0.3, 0.4) is 0 Å². The van der Waals surface area contributed by atoms with E-state index >= 15 is 0 Å². The number of aliphatic hydroxyl groups is 4. The van der Waals surface area contributed by atoms with Gasteiger partial charge in [-0.25, -0.2) is 0 Å². The van der Waals surface area contributed by atoms with Gasteiger partial charge in [-0.1, -0.05) is 24.3 Å². The van der Waals surface area contributed by atoms with Crippen LogP contribution in [-0.4, -0.2) is 108 Å². The molecular weight excluding hydrogens is 566 g/mol. The third kappa shape index (κ3) is 18.7. The first-order valence-electron chi connectivity index (χ1n) is 14.7. The summed E-state index contributed by atoms with van der Waals surface area (Å²) in [5.41, 5.74) is 1.79. The molecule has 1 unspecified atom stereocenters. The first-order chi connectivity index (χ1) is 21.1. The molecule has 0 aromatic heterocycles. The minimum absolute atomic E-state index is 0.0286. The molecule has 0 spiro atoms. The molecule has 0 aliphatic carbocycles. The van der Waals surface area contributed by atoms with Gasteiger partial charge in [-0.15, -0.1) is 0 Å². The van der Waals surface area contributed by atoms with Crippen molar-refractivity contribution in [1.82, 2.24) is 15.5 Å². The predicted molar refractivity (Wildman–Crippen MR) is 172 cm³/mol. The molecule has 0 aliphatic rings. The van der Waals surface area contributed by atoms with E-state index in [0.717, 1.165) is 22.6 Å². The first-order valence-corrected chi connectivity index (χ1v) is 14.7. The highest BCUT2D eigenvalue weighted by atomic mass is 16.5. The Bertz CT molecular complexity index is 1110. The second-order valence-corrected chi connectivity index (χ2v) is 10.3. The van der Waals surface area contributed by atoms with Crippen LogP contribution in [0.15, 0.2) is 60.7 Å². The number of aliphatic hydroxyl groups excluding tert-OH is 4. The molecule has 2 amide bonds. The molecule has 2 rings (SSSR count). The van der Waals surface area contributed by atoms with E-state index in [-0.39, 0.29) is 50.4 Å². The molecule has 2 aromatic rings. The van der Waals surface area contributed by atoms with Gasteiger partial charge >= 0.3 is 0 Å². The number of ether oxygens (including phenoxy) is 2. The molecular formula is C33H49N3O8. The number of hydrogen-bond acceptors (Lipinski definition) is 9. The molecule has 0 aliphatic heterocycles. The summed E-state index contributed by atoms with van der Waals surface area (Å²) >= 11 is 0. The maximum absolute atomic E-state index is 11.8. The summed E-state index contributed by atoms with van der Waals surface area (Å²) in [6.45, 7) is 9.59. The lowest BCUT2D eigenvalue weighted by Crippen LogP contribution is -2.37. The zero-order valence-electron chi connectivity index (χ0n) is 26.2. The van der Waals surface area contributed by atoms with Crippen molar-refractivity contribution in [1.29, 1.82) is 0 Å². The molecule has 0 bridgehead atoms. The van der Waals surface area contributed by atoms with Crippen LogP contribution < -0.4 is 20.1 Å². The van der Waals surface area contributed by atoms with E-state index < -0.39 is 6.10 Å². The molecule has 11 heteroatoms. The fourth-order valence-corrected chi connectivity index (χ4v) is 3.56. The highest BCUT2D eigenvalue weighted by Gasteiger charge is 2.05. The van der Waals surface area contributed by atoms with Crippen LogP contribution in [0.25, 0.3) is 12.2 Å². The number of carbonyl (C=O) groups is 2. The molecule has 244 valence electrons. The Hall–Kier alpha value is -3.74. The van der Waals surface area contributed by atoms with Crippen molar-refractivity contribution in [3.05, 3.63) is 71.8 Å². The number of amides is 2. The van der Waals surface area contributed by atoms with E-state index in [4.69, 9.17) is 29.9 Å². The van der Waals surface area contributed by atoms with Gasteiger partial charge in [-0.2, -0.15) is 0 Å². The van der Waals surface area contributed by atoms with Crippen molar-refractivity contribution in [3.8, 4) is 11.5 Å². The molecule has 0 fully saturated rings. The lowest BCUT2D eigenvalue weighted by molar-refractivity contribution is -0.117. The Balaban J connectivity index is 0.000000447. The van der Waals surface area contributed by atoms with Crippen LogP contribution in [0.5, 0.6) is 11.5 Å². The first kappa shape index (κ1) is 38.3. The van der Waals surface area contributed by atoms with Gasteiger partial charge in [0.2, 0.25) is 11.8 Å². The Kier molecular flexibility index (Phi) is 19.8. The highest BCUT2D eigenvalue weighted by molar-refractivity contribution is 5.92. The largest absolute Gasteiger partial charge is 0.491 e. The van der Waals surface area contributed by atoms with Crippen LogP contribution >= 0.6 is 0 Å². The van der Waals surface area contributed by atoms with Crippen molar-refractivity contribution in [3.63, 3.8) is 0 Å². The Labute approximate surface area is 260 Å². The Morgan fingerprint density at radius 3 is 1.55 bits per heavy atom. The molecule has 11 nitrogen and oxygen atoms in total. The summed E-state index contributed by atoms with van der Waals surface area (Å²) in [4.78, 5) is 25.1. The minimum Gasteiger partial charge on any atom is -0.491 e. The summed E-state index contributed by atoms with van der Waals surface area (Å²) in [6.07, 6.45) is 5.60. The Morgan fingerprint density at radius 2 is 1.16 bits per heavy atom. The number of nitrogens with one attached hydrogen (secondary N) is 2. The monoisotopic (exact) mass is 615 g/mol. The second kappa shape index (κ2) is 22.8. The second-order valence-electron chi connectivity index (χ2n) is 10.3. The van der Waals surface area contributed by atoms with Crippen LogP contribution in [0.2, 0.25) is 0 Å². The predicted octanol–water partition coefficient (Wildman–Crippen LogP) is 1.85. The van der Waals surface area contributed by atoms with Gasteiger partial charge in [-0.05, 0) is 75.2 Å². The van der Waals surface area contributed by atoms with Gasteiger partial charge < -0.3 is 40.5 Å². The van der Waals surface area contributed by atoms with E-state index in [1.807, 2.05) is 81.1 Å². The topological polar surface area (TPSA) is 161 Å². The molecule has 0 saturated heterocycles. The van der Waals surface area contributed by atoms with Crippen LogP contribution in [0, 0.1) is 0 Å². The maximum Gasteiger partial charge on any atom is 0.244 e. The Morgan fingerprint density at radius 1 is 0.727 bits per heavy atom. The third-order valence-corrected chi connectivity index (χ3v) is 5.64. The van der Waals surface area contributed by atoms with Gasteiger partial charge in [0.05, 0.1) is 38.1 Å². The van der Waals surface area contributed by atoms with Crippen LogP contribution in [0.1, 0.15) is 38.8 Å². The zero-order valence-corrected chi connectivity index (χ0v) is 26.2. The van der Waals surface area contributed by atoms with Gasteiger partial charge in [0.15, 0.2) is 0 Å². The van der Waals surface area contributed by atoms with E-state index in [1.54, 1.807) is 12.2 Å². The summed E-state index contributed by atoms with van der Waals surface area (Å²) in [5.74, 6) is 1.09. The molecule has 0 radical (unpaired) electrons. The number of nitrogens with zero attached hydrogens (tertiary/aromatic N) is 1. The fraction of sp³-hybridized carbons (Fsp3) is 0.455. The average Bonchev–Trinajstić information content (AvgIpc) is 2.99. The van der Waals surface area contributed by atoms with Crippen molar-refractivity contribution >= 4 is 24.0 Å². The van der Waals surface area contributed by atoms with E-state index in [0.29, 0.717) is 26.2 Å². The molecule has 0 heterocycles.